The van der Waals surface area contributed by atoms with Crippen LogP contribution in [-0.4, -0.2) is 25.2 Å². The molecule has 126 valence electrons. The number of ether oxygens (including phenoxy) is 2. The van der Waals surface area contributed by atoms with Crippen LogP contribution in [0.3, 0.4) is 0 Å². The molecule has 0 N–H and O–H groups in total. The average Bonchev–Trinajstić information content (AvgIpc) is 2.55. The van der Waals surface area contributed by atoms with Crippen LogP contribution in [0.1, 0.15) is 64.7 Å². The van der Waals surface area contributed by atoms with E-state index in [9.17, 15) is 9.59 Å². The molecule has 0 unspecified atom stereocenters. The van der Waals surface area contributed by atoms with E-state index in [0.717, 1.165) is 37.7 Å². The van der Waals surface area contributed by atoms with E-state index in [4.69, 9.17) is 9.47 Å². The predicted octanol–water partition coefficient (Wildman–Crippen LogP) is 4.04. The maximum atomic E-state index is 12.0. The molecule has 0 aromatic carbocycles. The molecule has 1 fully saturated rings. The lowest BCUT2D eigenvalue weighted by atomic mass is 9.80. The fourth-order valence-corrected chi connectivity index (χ4v) is 2.95. The van der Waals surface area contributed by atoms with Crippen LogP contribution in [0.2, 0.25) is 0 Å². The zero-order valence-corrected chi connectivity index (χ0v) is 13.9. The van der Waals surface area contributed by atoms with E-state index in [0.29, 0.717) is 13.0 Å². The molecule has 4 nitrogen and oxygen atoms in total. The van der Waals surface area contributed by atoms with Crippen LogP contribution in [0.4, 0.5) is 0 Å². The van der Waals surface area contributed by atoms with Crippen LogP contribution < -0.4 is 0 Å². The van der Waals surface area contributed by atoms with Gasteiger partial charge in [-0.3, -0.25) is 4.79 Å². The van der Waals surface area contributed by atoms with Crippen LogP contribution in [0.5, 0.6) is 0 Å². The zero-order chi connectivity index (χ0) is 16.2. The molecule has 0 bridgehead atoms. The molecule has 1 aliphatic carbocycles. The van der Waals surface area contributed by atoms with Crippen molar-refractivity contribution in [2.45, 2.75) is 64.7 Å². The third-order valence-corrected chi connectivity index (χ3v) is 4.34. The molecule has 0 heterocycles. The maximum Gasteiger partial charge on any atom is 0.330 e. The summed E-state index contributed by atoms with van der Waals surface area (Å²) in [6.45, 7) is 6.13. The minimum absolute atomic E-state index is 0.0677. The monoisotopic (exact) mass is 310 g/mol. The van der Waals surface area contributed by atoms with E-state index >= 15 is 0 Å². The quantitative estimate of drug-likeness (QED) is 0.347. The number of carbonyl (C=O) groups excluding carboxylic acids is 2. The van der Waals surface area contributed by atoms with Crippen molar-refractivity contribution in [1.82, 2.24) is 0 Å². The number of rotatable bonds is 10. The SMILES string of the molecule is C=CC(=O)OCCCOC(=O)C1CCC(CCCCC)CC1. The molecular weight excluding hydrogens is 280 g/mol. The lowest BCUT2D eigenvalue weighted by Crippen LogP contribution is -2.24. The van der Waals surface area contributed by atoms with E-state index in [1.165, 1.54) is 25.7 Å². The normalized spacial score (nSPS) is 21.1. The summed E-state index contributed by atoms with van der Waals surface area (Å²) in [6, 6.07) is 0. The summed E-state index contributed by atoms with van der Waals surface area (Å²) in [5.74, 6) is 0.349. The molecule has 4 heteroatoms. The lowest BCUT2D eigenvalue weighted by molar-refractivity contribution is -0.150. The van der Waals surface area contributed by atoms with Crippen molar-refractivity contribution < 1.29 is 19.1 Å². The summed E-state index contributed by atoms with van der Waals surface area (Å²) >= 11 is 0. The van der Waals surface area contributed by atoms with Gasteiger partial charge in [-0.15, -0.1) is 0 Å². The molecule has 1 saturated carbocycles. The van der Waals surface area contributed by atoms with Gasteiger partial charge >= 0.3 is 11.9 Å². The second kappa shape index (κ2) is 11.3. The molecule has 0 aromatic heterocycles. The minimum atomic E-state index is -0.437. The summed E-state index contributed by atoms with van der Waals surface area (Å²) < 4.78 is 10.1. The Morgan fingerprint density at radius 1 is 1.05 bits per heavy atom. The average molecular weight is 310 g/mol. The molecule has 0 aromatic rings. The second-order valence-corrected chi connectivity index (χ2v) is 6.11. The Morgan fingerprint density at radius 2 is 1.73 bits per heavy atom. The van der Waals surface area contributed by atoms with Crippen molar-refractivity contribution in [3.63, 3.8) is 0 Å². The fourth-order valence-electron chi connectivity index (χ4n) is 2.95. The second-order valence-electron chi connectivity index (χ2n) is 6.11. The Morgan fingerprint density at radius 3 is 2.36 bits per heavy atom. The number of hydrogen-bond acceptors (Lipinski definition) is 4. The highest BCUT2D eigenvalue weighted by Crippen LogP contribution is 2.32. The summed E-state index contributed by atoms with van der Waals surface area (Å²) in [5, 5.41) is 0. The number of carbonyl (C=O) groups is 2. The van der Waals surface area contributed by atoms with Gasteiger partial charge in [0.1, 0.15) is 0 Å². The first-order valence-electron chi connectivity index (χ1n) is 8.63. The third kappa shape index (κ3) is 7.62. The molecule has 0 aliphatic heterocycles. The van der Waals surface area contributed by atoms with Gasteiger partial charge in [0.15, 0.2) is 0 Å². The van der Waals surface area contributed by atoms with Gasteiger partial charge in [-0.05, 0) is 31.6 Å². The Kier molecular flexibility index (Phi) is 9.60. The molecule has 0 atom stereocenters. The summed E-state index contributed by atoms with van der Waals surface area (Å²) in [4.78, 5) is 22.8. The zero-order valence-electron chi connectivity index (χ0n) is 13.9. The Hall–Kier alpha value is -1.32. The minimum Gasteiger partial charge on any atom is -0.465 e. The van der Waals surface area contributed by atoms with Gasteiger partial charge in [-0.2, -0.15) is 0 Å². The van der Waals surface area contributed by atoms with E-state index < -0.39 is 5.97 Å². The number of esters is 2. The van der Waals surface area contributed by atoms with E-state index in [2.05, 4.69) is 13.5 Å². The summed E-state index contributed by atoms with van der Waals surface area (Å²) in [5.41, 5.74) is 0. The Balaban J connectivity index is 2.07. The molecule has 0 spiro atoms. The number of unbranched alkanes of at least 4 members (excludes halogenated alkanes) is 2. The smallest absolute Gasteiger partial charge is 0.330 e. The van der Waals surface area contributed by atoms with Gasteiger partial charge in [0.05, 0.1) is 19.1 Å². The highest BCUT2D eigenvalue weighted by molar-refractivity contribution is 5.81. The van der Waals surface area contributed by atoms with Crippen molar-refractivity contribution in [2.24, 2.45) is 11.8 Å². The van der Waals surface area contributed by atoms with Gasteiger partial charge in [-0.25, -0.2) is 4.79 Å². The molecule has 1 aliphatic rings. The largest absolute Gasteiger partial charge is 0.465 e. The fraction of sp³-hybridized carbons (Fsp3) is 0.778. The van der Waals surface area contributed by atoms with Gasteiger partial charge in [0.2, 0.25) is 0 Å². The topological polar surface area (TPSA) is 52.6 Å². The van der Waals surface area contributed by atoms with Gasteiger partial charge in [0.25, 0.3) is 0 Å². The lowest BCUT2D eigenvalue weighted by Gasteiger charge is -2.27. The van der Waals surface area contributed by atoms with Crippen LogP contribution in [-0.2, 0) is 19.1 Å². The molecule has 1 rings (SSSR count). The van der Waals surface area contributed by atoms with Crippen LogP contribution in [0.25, 0.3) is 0 Å². The first-order chi connectivity index (χ1) is 10.7. The molecule has 0 amide bonds. The van der Waals surface area contributed by atoms with Crippen LogP contribution in [0.15, 0.2) is 12.7 Å². The van der Waals surface area contributed by atoms with Crippen LogP contribution >= 0.6 is 0 Å². The van der Waals surface area contributed by atoms with Gasteiger partial charge in [-0.1, -0.05) is 39.2 Å². The van der Waals surface area contributed by atoms with Crippen molar-refractivity contribution in [1.29, 1.82) is 0 Å². The highest BCUT2D eigenvalue weighted by Gasteiger charge is 2.26. The predicted molar refractivity (Wildman–Crippen MR) is 86.3 cm³/mol. The van der Waals surface area contributed by atoms with E-state index in [-0.39, 0.29) is 18.5 Å². The molecule has 0 saturated heterocycles. The van der Waals surface area contributed by atoms with Crippen molar-refractivity contribution in [3.8, 4) is 0 Å². The van der Waals surface area contributed by atoms with Gasteiger partial charge in [0, 0.05) is 12.5 Å². The van der Waals surface area contributed by atoms with Crippen LogP contribution in [0, 0.1) is 11.8 Å². The molecule has 22 heavy (non-hydrogen) atoms. The summed E-state index contributed by atoms with van der Waals surface area (Å²) in [6.07, 6.45) is 11.1. The first kappa shape index (κ1) is 18.7. The van der Waals surface area contributed by atoms with Crippen molar-refractivity contribution in [3.05, 3.63) is 12.7 Å². The van der Waals surface area contributed by atoms with Gasteiger partial charge < -0.3 is 9.47 Å². The van der Waals surface area contributed by atoms with E-state index in [1.807, 2.05) is 0 Å². The van der Waals surface area contributed by atoms with Crippen molar-refractivity contribution in [2.75, 3.05) is 13.2 Å². The standard InChI is InChI=1S/C18H30O4/c1-3-5-6-8-15-9-11-16(12-10-15)18(20)22-14-7-13-21-17(19)4-2/h4,15-16H,2-3,5-14H2,1H3. The Labute approximate surface area is 134 Å². The highest BCUT2D eigenvalue weighted by atomic mass is 16.5. The maximum absolute atomic E-state index is 12.0. The number of hydrogen-bond donors (Lipinski definition) is 0. The molecular formula is C18H30O4. The third-order valence-electron chi connectivity index (χ3n) is 4.34. The molecule has 0 radical (unpaired) electrons. The Bertz CT molecular complexity index is 343. The van der Waals surface area contributed by atoms with E-state index in [1.54, 1.807) is 0 Å². The summed E-state index contributed by atoms with van der Waals surface area (Å²) in [7, 11) is 0. The first-order valence-corrected chi connectivity index (χ1v) is 8.63. The van der Waals surface area contributed by atoms with Crippen molar-refractivity contribution >= 4 is 11.9 Å².